The number of nitrogens with one attached hydrogen (secondary N) is 2. The molecule has 0 fully saturated rings. The van der Waals surface area contributed by atoms with Crippen molar-refractivity contribution in [3.8, 4) is 0 Å². The Morgan fingerprint density at radius 1 is 1.07 bits per heavy atom. The number of carbonyl (C=O) groups excluding carboxylic acids is 1. The second-order valence-electron chi connectivity index (χ2n) is 6.02. The maximum atomic E-state index is 11.7. The van der Waals surface area contributed by atoms with E-state index in [2.05, 4.69) is 20.6 Å². The highest BCUT2D eigenvalue weighted by Crippen LogP contribution is 2.18. The number of nitrogens with zero attached hydrogens (tertiary/aromatic N) is 2. The first-order valence-corrected chi connectivity index (χ1v) is 9.36. The first-order chi connectivity index (χ1) is 13.6. The second-order valence-corrected chi connectivity index (χ2v) is 6.45. The number of hydrogen-bond donors (Lipinski definition) is 2. The zero-order valence-electron chi connectivity index (χ0n) is 15.5. The van der Waals surface area contributed by atoms with E-state index in [4.69, 9.17) is 16.3 Å². The predicted octanol–water partition coefficient (Wildman–Crippen LogP) is 4.70. The summed E-state index contributed by atoms with van der Waals surface area (Å²) in [6.45, 7) is 2.86. The van der Waals surface area contributed by atoms with Gasteiger partial charge in [-0.3, -0.25) is 0 Å². The Labute approximate surface area is 168 Å². The molecule has 1 aromatic heterocycles. The van der Waals surface area contributed by atoms with Crippen molar-refractivity contribution in [1.82, 2.24) is 9.97 Å². The Morgan fingerprint density at radius 3 is 2.61 bits per heavy atom. The molecule has 0 unspecified atom stereocenters. The molecule has 0 spiro atoms. The number of halogens is 1. The number of benzene rings is 2. The van der Waals surface area contributed by atoms with Crippen LogP contribution < -0.4 is 10.6 Å². The Balaban J connectivity index is 1.56. The van der Waals surface area contributed by atoms with Gasteiger partial charge in [-0.15, -0.1) is 0 Å². The van der Waals surface area contributed by atoms with Crippen LogP contribution >= 0.6 is 11.6 Å². The average molecular weight is 397 g/mol. The molecular formula is C21H21ClN4O2. The maximum Gasteiger partial charge on any atom is 0.338 e. The Kier molecular flexibility index (Phi) is 6.81. The molecule has 0 bridgehead atoms. The number of aromatic nitrogens is 2. The number of esters is 1. The highest BCUT2D eigenvalue weighted by molar-refractivity contribution is 6.30. The van der Waals surface area contributed by atoms with Crippen LogP contribution in [0.15, 0.2) is 60.9 Å². The third kappa shape index (κ3) is 5.69. The third-order valence-corrected chi connectivity index (χ3v) is 4.18. The minimum absolute atomic E-state index is 0.331. The Hall–Kier alpha value is -3.12. The fraction of sp³-hybridized carbons (Fsp3) is 0.190. The summed E-state index contributed by atoms with van der Waals surface area (Å²) in [5.41, 5.74) is 2.49. The predicted molar refractivity (Wildman–Crippen MR) is 111 cm³/mol. The van der Waals surface area contributed by atoms with Crippen molar-refractivity contribution in [1.29, 1.82) is 0 Å². The van der Waals surface area contributed by atoms with E-state index in [1.54, 1.807) is 31.2 Å². The minimum atomic E-state index is -0.331. The van der Waals surface area contributed by atoms with E-state index in [1.807, 2.05) is 30.3 Å². The van der Waals surface area contributed by atoms with Crippen molar-refractivity contribution in [2.75, 3.05) is 23.8 Å². The molecule has 28 heavy (non-hydrogen) atoms. The molecule has 0 saturated heterocycles. The number of ether oxygens (including phenoxy) is 1. The van der Waals surface area contributed by atoms with Gasteiger partial charge in [-0.25, -0.2) is 14.8 Å². The maximum absolute atomic E-state index is 11.7. The SMILES string of the molecule is CCOC(=O)c1ccc(Nc2cc(NCCc3cccc(Cl)c3)ncn2)cc1. The summed E-state index contributed by atoms with van der Waals surface area (Å²) < 4.78 is 4.98. The second kappa shape index (κ2) is 9.71. The fourth-order valence-electron chi connectivity index (χ4n) is 2.60. The van der Waals surface area contributed by atoms with Gasteiger partial charge in [0.25, 0.3) is 0 Å². The van der Waals surface area contributed by atoms with E-state index < -0.39 is 0 Å². The molecule has 2 N–H and O–H groups in total. The molecule has 0 atom stereocenters. The monoisotopic (exact) mass is 396 g/mol. The summed E-state index contributed by atoms with van der Waals surface area (Å²) in [5.74, 6) is 1.05. The van der Waals surface area contributed by atoms with E-state index in [-0.39, 0.29) is 5.97 Å². The molecular weight excluding hydrogens is 376 g/mol. The van der Waals surface area contributed by atoms with Gasteiger partial charge in [0, 0.05) is 23.3 Å². The first-order valence-electron chi connectivity index (χ1n) is 8.98. The summed E-state index contributed by atoms with van der Waals surface area (Å²) in [5, 5.41) is 7.21. The van der Waals surface area contributed by atoms with Gasteiger partial charge in [0.2, 0.25) is 0 Å². The summed E-state index contributed by atoms with van der Waals surface area (Å²) in [6, 6.07) is 16.7. The largest absolute Gasteiger partial charge is 0.462 e. The first kappa shape index (κ1) is 19.6. The molecule has 0 amide bonds. The lowest BCUT2D eigenvalue weighted by atomic mass is 10.1. The molecule has 144 valence electrons. The molecule has 3 rings (SSSR count). The van der Waals surface area contributed by atoms with Crippen LogP contribution in [-0.4, -0.2) is 29.1 Å². The summed E-state index contributed by atoms with van der Waals surface area (Å²) >= 11 is 6.01. The molecule has 0 radical (unpaired) electrons. The topological polar surface area (TPSA) is 76.1 Å². The highest BCUT2D eigenvalue weighted by atomic mass is 35.5. The lowest BCUT2D eigenvalue weighted by molar-refractivity contribution is 0.0526. The van der Waals surface area contributed by atoms with Crippen LogP contribution in [0.25, 0.3) is 0 Å². The lowest BCUT2D eigenvalue weighted by Crippen LogP contribution is -2.07. The van der Waals surface area contributed by atoms with E-state index in [0.717, 1.165) is 35.1 Å². The van der Waals surface area contributed by atoms with Gasteiger partial charge in [-0.1, -0.05) is 23.7 Å². The average Bonchev–Trinajstić information content (AvgIpc) is 2.69. The van der Waals surface area contributed by atoms with Gasteiger partial charge in [0.1, 0.15) is 18.0 Å². The van der Waals surface area contributed by atoms with Crippen LogP contribution in [0, 0.1) is 0 Å². The van der Waals surface area contributed by atoms with Gasteiger partial charge in [-0.2, -0.15) is 0 Å². The van der Waals surface area contributed by atoms with Crippen molar-refractivity contribution in [2.45, 2.75) is 13.3 Å². The Morgan fingerprint density at radius 2 is 1.86 bits per heavy atom. The highest BCUT2D eigenvalue weighted by Gasteiger charge is 2.06. The van der Waals surface area contributed by atoms with Gasteiger partial charge >= 0.3 is 5.97 Å². The molecule has 0 aliphatic rings. The van der Waals surface area contributed by atoms with Gasteiger partial charge in [0.15, 0.2) is 0 Å². The van der Waals surface area contributed by atoms with Crippen molar-refractivity contribution in [3.05, 3.63) is 77.1 Å². The fourth-order valence-corrected chi connectivity index (χ4v) is 2.81. The molecule has 2 aromatic carbocycles. The molecule has 0 saturated carbocycles. The van der Waals surface area contributed by atoms with Gasteiger partial charge in [-0.05, 0) is 55.3 Å². The zero-order valence-corrected chi connectivity index (χ0v) is 16.2. The molecule has 1 heterocycles. The Bertz CT molecular complexity index is 932. The summed E-state index contributed by atoms with van der Waals surface area (Å²) in [7, 11) is 0. The van der Waals surface area contributed by atoms with Gasteiger partial charge < -0.3 is 15.4 Å². The van der Waals surface area contributed by atoms with E-state index in [1.165, 1.54) is 6.33 Å². The molecule has 3 aromatic rings. The van der Waals surface area contributed by atoms with Crippen LogP contribution in [0.1, 0.15) is 22.8 Å². The van der Waals surface area contributed by atoms with Crippen LogP contribution in [0.4, 0.5) is 17.3 Å². The van der Waals surface area contributed by atoms with Gasteiger partial charge in [0.05, 0.1) is 12.2 Å². The van der Waals surface area contributed by atoms with Crippen LogP contribution in [0.5, 0.6) is 0 Å². The number of carbonyl (C=O) groups is 1. The number of rotatable bonds is 8. The smallest absolute Gasteiger partial charge is 0.338 e. The molecule has 0 aliphatic heterocycles. The standard InChI is InChI=1S/C21H21ClN4O2/c1-2-28-21(27)16-6-8-18(9-7-16)26-20-13-19(24-14-25-20)23-11-10-15-4-3-5-17(22)12-15/h3-9,12-14H,2,10-11H2,1H3,(H2,23,24,25,26). The van der Waals surface area contributed by atoms with Crippen molar-refractivity contribution in [2.24, 2.45) is 0 Å². The van der Waals surface area contributed by atoms with E-state index in [0.29, 0.717) is 18.0 Å². The quantitative estimate of drug-likeness (QED) is 0.537. The number of hydrogen-bond acceptors (Lipinski definition) is 6. The van der Waals surface area contributed by atoms with Crippen molar-refractivity contribution >= 4 is 34.9 Å². The number of anilines is 3. The summed E-state index contributed by atoms with van der Waals surface area (Å²) in [6.07, 6.45) is 2.33. The third-order valence-electron chi connectivity index (χ3n) is 3.94. The van der Waals surface area contributed by atoms with Crippen molar-refractivity contribution in [3.63, 3.8) is 0 Å². The normalized spacial score (nSPS) is 10.4. The zero-order chi connectivity index (χ0) is 19.8. The van der Waals surface area contributed by atoms with E-state index in [9.17, 15) is 4.79 Å². The molecule has 6 nitrogen and oxygen atoms in total. The van der Waals surface area contributed by atoms with E-state index >= 15 is 0 Å². The van der Waals surface area contributed by atoms with Crippen LogP contribution in [0.2, 0.25) is 5.02 Å². The van der Waals surface area contributed by atoms with Crippen LogP contribution in [0.3, 0.4) is 0 Å². The van der Waals surface area contributed by atoms with Crippen LogP contribution in [-0.2, 0) is 11.2 Å². The van der Waals surface area contributed by atoms with Crippen molar-refractivity contribution < 1.29 is 9.53 Å². The molecule has 0 aliphatic carbocycles. The summed E-state index contributed by atoms with van der Waals surface area (Å²) in [4.78, 5) is 20.2. The molecule has 7 heteroatoms. The minimum Gasteiger partial charge on any atom is -0.462 e. The lowest BCUT2D eigenvalue weighted by Gasteiger charge is -2.09.